The van der Waals surface area contributed by atoms with Crippen LogP contribution in [-0.2, 0) is 12.0 Å². The molecule has 1 heterocycles. The van der Waals surface area contributed by atoms with Crippen LogP contribution in [0.5, 0.6) is 0 Å². The van der Waals surface area contributed by atoms with E-state index in [0.717, 1.165) is 11.3 Å². The minimum atomic E-state index is -0.389. The Kier molecular flexibility index (Phi) is 4.57. The van der Waals surface area contributed by atoms with Crippen molar-refractivity contribution in [2.24, 2.45) is 5.73 Å². The first-order valence-corrected chi connectivity index (χ1v) is 7.82. The Bertz CT molecular complexity index is 706. The second-order valence-corrected chi connectivity index (χ2v) is 6.86. The van der Waals surface area contributed by atoms with Crippen molar-refractivity contribution < 1.29 is 0 Å². The van der Waals surface area contributed by atoms with Crippen LogP contribution in [0.15, 0.2) is 41.2 Å². The molecule has 22 heavy (non-hydrogen) atoms. The van der Waals surface area contributed by atoms with E-state index in [2.05, 4.69) is 20.8 Å². The van der Waals surface area contributed by atoms with Crippen molar-refractivity contribution in [3.63, 3.8) is 0 Å². The summed E-state index contributed by atoms with van der Waals surface area (Å²) in [6, 6.07) is 11.6. The molecule has 0 aliphatic heterocycles. The zero-order chi connectivity index (χ0) is 16.5. The van der Waals surface area contributed by atoms with Gasteiger partial charge in [-0.2, -0.15) is 0 Å². The highest BCUT2D eigenvalue weighted by molar-refractivity contribution is 5.33. The van der Waals surface area contributed by atoms with Gasteiger partial charge in [0, 0.05) is 23.2 Å². The Morgan fingerprint density at radius 1 is 1.09 bits per heavy atom. The van der Waals surface area contributed by atoms with Gasteiger partial charge in [-0.15, -0.1) is 0 Å². The number of rotatable bonds is 3. The quantitative estimate of drug-likeness (QED) is 0.942. The Morgan fingerprint density at radius 3 is 2.18 bits per heavy atom. The fourth-order valence-corrected chi connectivity index (χ4v) is 2.75. The van der Waals surface area contributed by atoms with Crippen LogP contribution in [0.2, 0.25) is 0 Å². The summed E-state index contributed by atoms with van der Waals surface area (Å²) >= 11 is 0. The topological polar surface area (TPSA) is 48.0 Å². The van der Waals surface area contributed by atoms with Gasteiger partial charge in [0.25, 0.3) is 5.56 Å². The van der Waals surface area contributed by atoms with Gasteiger partial charge in [-0.25, -0.2) is 0 Å². The summed E-state index contributed by atoms with van der Waals surface area (Å²) in [7, 11) is 0. The molecule has 0 fully saturated rings. The van der Waals surface area contributed by atoms with Crippen molar-refractivity contribution in [1.29, 1.82) is 0 Å². The third-order valence-electron chi connectivity index (χ3n) is 4.06. The number of aromatic nitrogens is 1. The molecule has 2 rings (SSSR count). The molecule has 0 bridgehead atoms. The number of aryl methyl sites for hydroxylation is 1. The first kappa shape index (κ1) is 16.5. The lowest BCUT2D eigenvalue weighted by atomic mass is 9.90. The van der Waals surface area contributed by atoms with Crippen LogP contribution in [0.25, 0.3) is 0 Å². The molecular formula is C19H26N2O. The molecule has 3 heteroatoms. The molecule has 1 unspecified atom stereocenters. The summed E-state index contributed by atoms with van der Waals surface area (Å²) in [6.45, 7) is 11.0. The van der Waals surface area contributed by atoms with Gasteiger partial charge in [-0.05, 0) is 31.5 Å². The van der Waals surface area contributed by atoms with Crippen molar-refractivity contribution in [2.75, 3.05) is 0 Å². The lowest BCUT2D eigenvalue weighted by molar-refractivity contribution is 0.507. The van der Waals surface area contributed by atoms with E-state index in [1.54, 1.807) is 0 Å². The maximum absolute atomic E-state index is 12.8. The highest BCUT2D eigenvalue weighted by Crippen LogP contribution is 2.23. The van der Waals surface area contributed by atoms with Crippen LogP contribution in [0.4, 0.5) is 0 Å². The summed E-state index contributed by atoms with van der Waals surface area (Å²) in [6.07, 6.45) is 0. The first-order chi connectivity index (χ1) is 10.3. The minimum absolute atomic E-state index is 0.0167. The molecule has 2 N–H and O–H groups in total. The van der Waals surface area contributed by atoms with Crippen LogP contribution in [0.1, 0.15) is 56.1 Å². The van der Waals surface area contributed by atoms with Crippen LogP contribution in [0.3, 0.4) is 0 Å². The smallest absolute Gasteiger partial charge is 0.255 e. The largest absolute Gasteiger partial charge is 0.320 e. The monoisotopic (exact) mass is 298 g/mol. The Labute approximate surface area is 132 Å². The molecule has 0 amide bonds. The second kappa shape index (κ2) is 6.09. The van der Waals surface area contributed by atoms with Gasteiger partial charge in [-0.1, -0.05) is 50.6 Å². The number of hydrogen-bond donors (Lipinski definition) is 1. The molecule has 1 atom stereocenters. The number of nitrogens with zero attached hydrogens (tertiary/aromatic N) is 1. The average molecular weight is 298 g/mol. The SMILES string of the molecule is CCn1c(C(C)(C)C)ccc(C(N)c2ccc(C)cc2)c1=O. The van der Waals surface area contributed by atoms with Crippen molar-refractivity contribution in [1.82, 2.24) is 4.57 Å². The predicted octanol–water partition coefficient (Wildman–Crippen LogP) is 3.52. The highest BCUT2D eigenvalue weighted by Gasteiger charge is 2.21. The normalized spacial score (nSPS) is 13.2. The molecule has 0 saturated heterocycles. The molecule has 0 aliphatic carbocycles. The van der Waals surface area contributed by atoms with E-state index < -0.39 is 0 Å². The van der Waals surface area contributed by atoms with Gasteiger partial charge >= 0.3 is 0 Å². The minimum Gasteiger partial charge on any atom is -0.320 e. The molecule has 1 aromatic heterocycles. The van der Waals surface area contributed by atoms with Crippen molar-refractivity contribution >= 4 is 0 Å². The molecule has 0 radical (unpaired) electrons. The maximum atomic E-state index is 12.8. The van der Waals surface area contributed by atoms with E-state index in [1.165, 1.54) is 5.56 Å². The third-order valence-corrected chi connectivity index (χ3v) is 4.06. The molecule has 2 aromatic rings. The van der Waals surface area contributed by atoms with E-state index in [0.29, 0.717) is 12.1 Å². The van der Waals surface area contributed by atoms with E-state index in [-0.39, 0.29) is 17.0 Å². The molecule has 0 aliphatic rings. The zero-order valence-electron chi connectivity index (χ0n) is 14.2. The number of pyridine rings is 1. The van der Waals surface area contributed by atoms with Gasteiger partial charge in [0.15, 0.2) is 0 Å². The average Bonchev–Trinajstić information content (AvgIpc) is 2.46. The highest BCUT2D eigenvalue weighted by atomic mass is 16.1. The fourth-order valence-electron chi connectivity index (χ4n) is 2.75. The zero-order valence-corrected chi connectivity index (χ0v) is 14.2. The van der Waals surface area contributed by atoms with Crippen LogP contribution < -0.4 is 11.3 Å². The first-order valence-electron chi connectivity index (χ1n) is 7.82. The summed E-state index contributed by atoms with van der Waals surface area (Å²) in [5.41, 5.74) is 10.1. The van der Waals surface area contributed by atoms with Crippen LogP contribution in [0, 0.1) is 6.92 Å². The van der Waals surface area contributed by atoms with E-state index in [1.807, 2.05) is 54.8 Å². The van der Waals surface area contributed by atoms with Gasteiger partial charge in [0.1, 0.15) is 0 Å². The number of benzene rings is 1. The van der Waals surface area contributed by atoms with Gasteiger partial charge in [0.05, 0.1) is 6.04 Å². The molecule has 3 nitrogen and oxygen atoms in total. The van der Waals surface area contributed by atoms with E-state index >= 15 is 0 Å². The van der Waals surface area contributed by atoms with Gasteiger partial charge in [0.2, 0.25) is 0 Å². The summed E-state index contributed by atoms with van der Waals surface area (Å²) in [4.78, 5) is 12.8. The lowest BCUT2D eigenvalue weighted by Gasteiger charge is -2.25. The fraction of sp³-hybridized carbons (Fsp3) is 0.421. The predicted molar refractivity (Wildman–Crippen MR) is 92.3 cm³/mol. The third kappa shape index (κ3) is 3.14. The second-order valence-electron chi connectivity index (χ2n) is 6.86. The van der Waals surface area contributed by atoms with Crippen molar-refractivity contribution in [2.45, 2.75) is 52.6 Å². The Balaban J connectivity index is 2.53. The number of nitrogens with two attached hydrogens (primary N) is 1. The van der Waals surface area contributed by atoms with Crippen LogP contribution >= 0.6 is 0 Å². The standard InChI is InChI=1S/C19H26N2O/c1-6-21-16(19(3,4)5)12-11-15(18(21)22)17(20)14-9-7-13(2)8-10-14/h7-12,17H,6,20H2,1-5H3. The van der Waals surface area contributed by atoms with Gasteiger partial charge < -0.3 is 10.3 Å². The van der Waals surface area contributed by atoms with E-state index in [4.69, 9.17) is 5.73 Å². The number of hydrogen-bond acceptors (Lipinski definition) is 2. The van der Waals surface area contributed by atoms with Crippen molar-refractivity contribution in [3.05, 3.63) is 69.1 Å². The van der Waals surface area contributed by atoms with Crippen molar-refractivity contribution in [3.8, 4) is 0 Å². The van der Waals surface area contributed by atoms with Gasteiger partial charge in [-0.3, -0.25) is 4.79 Å². The molecular weight excluding hydrogens is 272 g/mol. The van der Waals surface area contributed by atoms with E-state index in [9.17, 15) is 4.79 Å². The van der Waals surface area contributed by atoms with Crippen LogP contribution in [-0.4, -0.2) is 4.57 Å². The summed E-state index contributed by atoms with van der Waals surface area (Å²) < 4.78 is 1.84. The lowest BCUT2D eigenvalue weighted by Crippen LogP contribution is -2.33. The Morgan fingerprint density at radius 2 is 1.68 bits per heavy atom. The molecule has 0 spiro atoms. The Hall–Kier alpha value is -1.87. The summed E-state index contributed by atoms with van der Waals surface area (Å²) in [5.74, 6) is 0. The molecule has 1 aromatic carbocycles. The summed E-state index contributed by atoms with van der Waals surface area (Å²) in [5, 5.41) is 0. The molecule has 118 valence electrons. The maximum Gasteiger partial charge on any atom is 0.255 e. The molecule has 0 saturated carbocycles.